The minimum absolute atomic E-state index is 0.658. The Morgan fingerprint density at radius 1 is 1.41 bits per heavy atom. The number of aromatic nitrogens is 1. The van der Waals surface area contributed by atoms with Crippen molar-refractivity contribution in [2.45, 2.75) is 32.9 Å². The number of hydrogen-bond acceptors (Lipinski definition) is 3. The molecular weight excluding hydrogens is 210 g/mol. The van der Waals surface area contributed by atoms with E-state index in [1.807, 2.05) is 12.4 Å². The molecule has 1 aromatic rings. The summed E-state index contributed by atoms with van der Waals surface area (Å²) in [6.45, 7) is 9.08. The second-order valence-corrected chi connectivity index (χ2v) is 5.37. The number of piperazine rings is 1. The summed E-state index contributed by atoms with van der Waals surface area (Å²) in [5.74, 6) is 0.772. The highest BCUT2D eigenvalue weighted by molar-refractivity contribution is 5.09. The van der Waals surface area contributed by atoms with Gasteiger partial charge in [-0.25, -0.2) is 0 Å². The number of nitrogens with one attached hydrogen (secondary N) is 1. The molecule has 0 radical (unpaired) electrons. The van der Waals surface area contributed by atoms with Crippen LogP contribution < -0.4 is 5.32 Å². The average Bonchev–Trinajstić information content (AvgIpc) is 2.30. The lowest BCUT2D eigenvalue weighted by Crippen LogP contribution is -2.50. The highest BCUT2D eigenvalue weighted by atomic mass is 15.2. The highest BCUT2D eigenvalue weighted by Crippen LogP contribution is 2.11. The van der Waals surface area contributed by atoms with Gasteiger partial charge in [0.2, 0.25) is 0 Å². The summed E-state index contributed by atoms with van der Waals surface area (Å²) in [5, 5.41) is 3.61. The van der Waals surface area contributed by atoms with Crippen molar-refractivity contribution >= 4 is 0 Å². The van der Waals surface area contributed by atoms with Gasteiger partial charge >= 0.3 is 0 Å². The summed E-state index contributed by atoms with van der Waals surface area (Å²) in [6.07, 6.45) is 5.03. The maximum Gasteiger partial charge on any atom is 0.0271 e. The zero-order chi connectivity index (χ0) is 12.1. The van der Waals surface area contributed by atoms with Crippen molar-refractivity contribution in [1.82, 2.24) is 15.2 Å². The lowest BCUT2D eigenvalue weighted by atomic mass is 10.0. The van der Waals surface area contributed by atoms with Crippen molar-refractivity contribution in [3.63, 3.8) is 0 Å². The van der Waals surface area contributed by atoms with Crippen LogP contribution in [0.3, 0.4) is 0 Å². The van der Waals surface area contributed by atoms with Gasteiger partial charge in [0, 0.05) is 44.6 Å². The van der Waals surface area contributed by atoms with E-state index in [2.05, 4.69) is 41.2 Å². The molecule has 0 spiro atoms. The summed E-state index contributed by atoms with van der Waals surface area (Å²) < 4.78 is 0. The topological polar surface area (TPSA) is 28.2 Å². The summed E-state index contributed by atoms with van der Waals surface area (Å²) in [4.78, 5) is 6.60. The number of rotatable bonds is 4. The van der Waals surface area contributed by atoms with Crippen LogP contribution in [-0.4, -0.2) is 35.6 Å². The first-order valence-electron chi connectivity index (χ1n) is 6.58. The smallest absolute Gasteiger partial charge is 0.0271 e. The van der Waals surface area contributed by atoms with Crippen LogP contribution in [0.4, 0.5) is 0 Å². The predicted octanol–water partition coefficient (Wildman–Crippen LogP) is 1.90. The molecule has 0 saturated carbocycles. The SMILES string of the molecule is CC(C)CC1CN(Cc2ccncc2)CCN1. The van der Waals surface area contributed by atoms with E-state index in [4.69, 9.17) is 0 Å². The Balaban J connectivity index is 1.85. The molecule has 1 atom stereocenters. The molecule has 94 valence electrons. The van der Waals surface area contributed by atoms with Crippen molar-refractivity contribution in [3.05, 3.63) is 30.1 Å². The van der Waals surface area contributed by atoms with Crippen LogP contribution in [0.25, 0.3) is 0 Å². The Morgan fingerprint density at radius 3 is 2.88 bits per heavy atom. The third-order valence-electron chi connectivity index (χ3n) is 3.25. The summed E-state index contributed by atoms with van der Waals surface area (Å²) in [6, 6.07) is 4.88. The van der Waals surface area contributed by atoms with Gasteiger partial charge in [-0.1, -0.05) is 13.8 Å². The fourth-order valence-electron chi connectivity index (χ4n) is 2.51. The van der Waals surface area contributed by atoms with Gasteiger partial charge in [-0.2, -0.15) is 0 Å². The van der Waals surface area contributed by atoms with Crippen LogP contribution in [0.2, 0.25) is 0 Å². The van der Waals surface area contributed by atoms with Gasteiger partial charge in [-0.15, -0.1) is 0 Å². The fraction of sp³-hybridized carbons (Fsp3) is 0.643. The van der Waals surface area contributed by atoms with Gasteiger partial charge in [-0.3, -0.25) is 9.88 Å². The van der Waals surface area contributed by atoms with Crippen LogP contribution in [-0.2, 0) is 6.54 Å². The Hall–Kier alpha value is -0.930. The lowest BCUT2D eigenvalue weighted by molar-refractivity contribution is 0.179. The molecule has 1 N–H and O–H groups in total. The zero-order valence-corrected chi connectivity index (χ0v) is 10.9. The highest BCUT2D eigenvalue weighted by Gasteiger charge is 2.19. The van der Waals surface area contributed by atoms with Gasteiger partial charge in [0.15, 0.2) is 0 Å². The second-order valence-electron chi connectivity index (χ2n) is 5.37. The van der Waals surface area contributed by atoms with Crippen molar-refractivity contribution in [3.8, 4) is 0 Å². The van der Waals surface area contributed by atoms with E-state index >= 15 is 0 Å². The van der Waals surface area contributed by atoms with Crippen molar-refractivity contribution in [2.24, 2.45) is 5.92 Å². The molecular formula is C14H23N3. The molecule has 1 fully saturated rings. The molecule has 0 bridgehead atoms. The minimum atomic E-state index is 0.658. The Labute approximate surface area is 104 Å². The summed E-state index contributed by atoms with van der Waals surface area (Å²) in [5.41, 5.74) is 1.37. The quantitative estimate of drug-likeness (QED) is 0.861. The number of hydrogen-bond donors (Lipinski definition) is 1. The molecule has 1 saturated heterocycles. The Kier molecular flexibility index (Phi) is 4.51. The van der Waals surface area contributed by atoms with Crippen molar-refractivity contribution < 1.29 is 0 Å². The van der Waals surface area contributed by atoms with Crippen molar-refractivity contribution in [2.75, 3.05) is 19.6 Å². The van der Waals surface area contributed by atoms with E-state index in [1.54, 1.807) is 0 Å². The molecule has 1 aromatic heterocycles. The maximum atomic E-state index is 4.06. The Bertz CT molecular complexity index is 323. The fourth-order valence-corrected chi connectivity index (χ4v) is 2.51. The Morgan fingerprint density at radius 2 is 2.18 bits per heavy atom. The first-order valence-corrected chi connectivity index (χ1v) is 6.58. The first kappa shape index (κ1) is 12.5. The van der Waals surface area contributed by atoms with E-state index in [0.717, 1.165) is 25.6 Å². The van der Waals surface area contributed by atoms with Gasteiger partial charge in [0.1, 0.15) is 0 Å². The zero-order valence-electron chi connectivity index (χ0n) is 10.9. The predicted molar refractivity (Wildman–Crippen MR) is 70.8 cm³/mol. The van der Waals surface area contributed by atoms with E-state index in [1.165, 1.54) is 18.5 Å². The van der Waals surface area contributed by atoms with Crippen LogP contribution in [0.15, 0.2) is 24.5 Å². The van der Waals surface area contributed by atoms with Crippen LogP contribution in [0.1, 0.15) is 25.8 Å². The lowest BCUT2D eigenvalue weighted by Gasteiger charge is -2.34. The van der Waals surface area contributed by atoms with E-state index < -0.39 is 0 Å². The molecule has 1 aliphatic rings. The molecule has 0 aromatic carbocycles. The number of nitrogens with zero attached hydrogens (tertiary/aromatic N) is 2. The van der Waals surface area contributed by atoms with Gasteiger partial charge in [0.25, 0.3) is 0 Å². The molecule has 1 aliphatic heterocycles. The van der Waals surface area contributed by atoms with Gasteiger partial charge < -0.3 is 5.32 Å². The van der Waals surface area contributed by atoms with E-state index in [-0.39, 0.29) is 0 Å². The average molecular weight is 233 g/mol. The van der Waals surface area contributed by atoms with Crippen molar-refractivity contribution in [1.29, 1.82) is 0 Å². The summed E-state index contributed by atoms with van der Waals surface area (Å²) >= 11 is 0. The van der Waals surface area contributed by atoms with E-state index in [9.17, 15) is 0 Å². The van der Waals surface area contributed by atoms with E-state index in [0.29, 0.717) is 6.04 Å². The molecule has 2 rings (SSSR count). The van der Waals surface area contributed by atoms with Crippen LogP contribution >= 0.6 is 0 Å². The van der Waals surface area contributed by atoms with Crippen LogP contribution in [0.5, 0.6) is 0 Å². The number of pyridine rings is 1. The molecule has 17 heavy (non-hydrogen) atoms. The third kappa shape index (κ3) is 4.10. The molecule has 1 unspecified atom stereocenters. The van der Waals surface area contributed by atoms with Gasteiger partial charge in [0.05, 0.1) is 0 Å². The minimum Gasteiger partial charge on any atom is -0.311 e. The monoisotopic (exact) mass is 233 g/mol. The largest absolute Gasteiger partial charge is 0.311 e. The van der Waals surface area contributed by atoms with Gasteiger partial charge in [-0.05, 0) is 30.0 Å². The third-order valence-corrected chi connectivity index (χ3v) is 3.25. The standard InChI is InChI=1S/C14H23N3/c1-12(2)9-14-11-17(8-7-16-14)10-13-3-5-15-6-4-13/h3-6,12,14,16H,7-11H2,1-2H3. The summed E-state index contributed by atoms with van der Waals surface area (Å²) in [7, 11) is 0. The molecule has 2 heterocycles. The maximum absolute atomic E-state index is 4.06. The molecule has 3 heteroatoms. The molecule has 0 aliphatic carbocycles. The normalized spacial score (nSPS) is 21.9. The molecule has 3 nitrogen and oxygen atoms in total. The first-order chi connectivity index (χ1) is 8.24. The van der Waals surface area contributed by atoms with Crippen LogP contribution in [0, 0.1) is 5.92 Å². The second kappa shape index (κ2) is 6.12. The molecule has 0 amide bonds.